The summed E-state index contributed by atoms with van der Waals surface area (Å²) >= 11 is 0. The van der Waals surface area contributed by atoms with Crippen LogP contribution in [-0.2, 0) is 4.79 Å². The molecule has 2 aliphatic heterocycles. The highest BCUT2D eigenvalue weighted by molar-refractivity contribution is 5.99. The van der Waals surface area contributed by atoms with Crippen LogP contribution < -0.4 is 15.2 Å². The van der Waals surface area contributed by atoms with Gasteiger partial charge in [0.1, 0.15) is 17.9 Å². The molecule has 11 nitrogen and oxygen atoms in total. The smallest absolute Gasteiger partial charge is 0.319 e. The van der Waals surface area contributed by atoms with E-state index >= 15 is 0 Å². The summed E-state index contributed by atoms with van der Waals surface area (Å²) < 4.78 is 7.79. The first-order valence-corrected chi connectivity index (χ1v) is 15.6. The molecule has 0 radical (unpaired) electrons. The van der Waals surface area contributed by atoms with Crippen molar-refractivity contribution in [1.29, 1.82) is 5.26 Å². The summed E-state index contributed by atoms with van der Waals surface area (Å²) in [5.74, 6) is 0.696. The number of benzene rings is 2. The van der Waals surface area contributed by atoms with Crippen LogP contribution in [0.1, 0.15) is 37.6 Å². The van der Waals surface area contributed by atoms with Crippen molar-refractivity contribution in [3.8, 4) is 17.8 Å². The Bertz CT molecular complexity index is 1960. The topological polar surface area (TPSA) is 120 Å². The maximum Gasteiger partial charge on any atom is 0.319 e. The van der Waals surface area contributed by atoms with Crippen molar-refractivity contribution in [1.82, 2.24) is 29.3 Å². The van der Waals surface area contributed by atoms with Crippen LogP contribution in [0.25, 0.3) is 33.1 Å². The molecule has 2 atom stereocenters. The van der Waals surface area contributed by atoms with Gasteiger partial charge in [0.15, 0.2) is 11.3 Å². The Kier molecular flexibility index (Phi) is 8.56. The second-order valence-electron chi connectivity index (χ2n) is 12.1. The lowest BCUT2D eigenvalue weighted by Gasteiger charge is -2.40. The SMILES string of the molecule is C=CC(=O)N1CCN(c2nc(OC[C@@H]3CCCN3C)nc3c(=O)n(-c4cccc5cccc(C(=C)C)c45)c(C)nc23)C[C@@H]1CC#N. The highest BCUT2D eigenvalue weighted by Crippen LogP contribution is 2.32. The predicted molar refractivity (Wildman–Crippen MR) is 179 cm³/mol. The molecule has 2 aromatic heterocycles. The number of piperazine rings is 1. The lowest BCUT2D eigenvalue weighted by molar-refractivity contribution is -0.128. The molecule has 0 N–H and O–H groups in total. The van der Waals surface area contributed by atoms with Crippen LogP contribution in [0.4, 0.5) is 5.82 Å². The second-order valence-corrected chi connectivity index (χ2v) is 12.1. The molecule has 2 saturated heterocycles. The Morgan fingerprint density at radius 1 is 1.11 bits per heavy atom. The number of likely N-dealkylation sites (tertiary alicyclic amines) is 1. The summed E-state index contributed by atoms with van der Waals surface area (Å²) in [6.07, 6.45) is 3.51. The van der Waals surface area contributed by atoms with E-state index in [1.807, 2.05) is 48.2 Å². The summed E-state index contributed by atoms with van der Waals surface area (Å²) in [6.45, 7) is 14.1. The zero-order valence-electron chi connectivity index (χ0n) is 26.6. The van der Waals surface area contributed by atoms with E-state index < -0.39 is 0 Å². The van der Waals surface area contributed by atoms with Crippen molar-refractivity contribution in [2.24, 2.45) is 0 Å². The third-order valence-corrected chi connectivity index (χ3v) is 9.07. The molecule has 0 aliphatic carbocycles. The number of hydrogen-bond acceptors (Lipinski definition) is 9. The van der Waals surface area contributed by atoms with Crippen LogP contribution >= 0.6 is 0 Å². The molecule has 0 spiro atoms. The number of aryl methyl sites for hydroxylation is 1. The summed E-state index contributed by atoms with van der Waals surface area (Å²) in [7, 11) is 2.07. The number of ether oxygens (including phenoxy) is 1. The largest absolute Gasteiger partial charge is 0.462 e. The molecule has 4 heterocycles. The number of amides is 1. The molecule has 0 saturated carbocycles. The van der Waals surface area contributed by atoms with Crippen molar-refractivity contribution in [2.45, 2.75) is 45.2 Å². The maximum atomic E-state index is 14.5. The minimum Gasteiger partial charge on any atom is -0.462 e. The van der Waals surface area contributed by atoms with Gasteiger partial charge in [-0.05, 0) is 63.4 Å². The van der Waals surface area contributed by atoms with Gasteiger partial charge in [0, 0.05) is 31.1 Å². The van der Waals surface area contributed by atoms with Crippen LogP contribution in [0.5, 0.6) is 6.01 Å². The highest BCUT2D eigenvalue weighted by Gasteiger charge is 2.32. The Labute approximate surface area is 268 Å². The molecule has 0 unspecified atom stereocenters. The average molecular weight is 619 g/mol. The quantitative estimate of drug-likeness (QED) is 0.267. The second kappa shape index (κ2) is 12.7. The Hall–Kier alpha value is -5.08. The van der Waals surface area contributed by atoms with Gasteiger partial charge in [-0.15, -0.1) is 0 Å². The lowest BCUT2D eigenvalue weighted by atomic mass is 9.98. The first-order valence-electron chi connectivity index (χ1n) is 15.6. The number of carbonyl (C=O) groups excluding carboxylic acids is 1. The molecule has 46 heavy (non-hydrogen) atoms. The van der Waals surface area contributed by atoms with Gasteiger partial charge in [0.25, 0.3) is 5.56 Å². The van der Waals surface area contributed by atoms with Gasteiger partial charge in [-0.1, -0.05) is 49.1 Å². The number of rotatable bonds is 8. The Balaban J connectivity index is 1.52. The number of carbonyl (C=O) groups is 1. The molecule has 2 fully saturated rings. The van der Waals surface area contributed by atoms with Crippen LogP contribution in [0.3, 0.4) is 0 Å². The van der Waals surface area contributed by atoms with Crippen LogP contribution in [0, 0.1) is 18.3 Å². The fourth-order valence-electron chi connectivity index (χ4n) is 6.67. The fraction of sp³-hybridized carbons (Fsp3) is 0.371. The normalized spacial score (nSPS) is 18.6. The highest BCUT2D eigenvalue weighted by atomic mass is 16.5. The average Bonchev–Trinajstić information content (AvgIpc) is 3.47. The minimum absolute atomic E-state index is 0.0964. The van der Waals surface area contributed by atoms with E-state index in [0.29, 0.717) is 49.1 Å². The van der Waals surface area contributed by atoms with Gasteiger partial charge >= 0.3 is 6.01 Å². The molecule has 0 bridgehead atoms. The van der Waals surface area contributed by atoms with E-state index in [9.17, 15) is 14.9 Å². The number of aromatic nitrogens is 4. The first kappa shape index (κ1) is 30.9. The van der Waals surface area contributed by atoms with Crippen molar-refractivity contribution in [3.05, 3.63) is 77.4 Å². The maximum absolute atomic E-state index is 14.5. The number of nitrogens with zero attached hydrogens (tertiary/aromatic N) is 8. The number of fused-ring (bicyclic) bond motifs is 2. The van der Waals surface area contributed by atoms with Crippen LogP contribution in [0.15, 0.2) is 60.4 Å². The Morgan fingerprint density at radius 2 is 1.89 bits per heavy atom. The van der Waals surface area contributed by atoms with E-state index in [1.54, 1.807) is 16.4 Å². The predicted octanol–water partition coefficient (Wildman–Crippen LogP) is 4.26. The van der Waals surface area contributed by atoms with E-state index in [1.165, 1.54) is 6.08 Å². The van der Waals surface area contributed by atoms with E-state index in [0.717, 1.165) is 41.3 Å². The van der Waals surface area contributed by atoms with E-state index in [4.69, 9.17) is 14.7 Å². The van der Waals surface area contributed by atoms with Gasteiger partial charge in [0.2, 0.25) is 5.91 Å². The number of anilines is 1. The van der Waals surface area contributed by atoms with Gasteiger partial charge in [0.05, 0.1) is 24.2 Å². The van der Waals surface area contributed by atoms with Gasteiger partial charge < -0.3 is 19.4 Å². The van der Waals surface area contributed by atoms with Gasteiger partial charge in [-0.25, -0.2) is 4.98 Å². The monoisotopic (exact) mass is 618 g/mol. The summed E-state index contributed by atoms with van der Waals surface area (Å²) in [4.78, 5) is 47.5. The third-order valence-electron chi connectivity index (χ3n) is 9.07. The zero-order chi connectivity index (χ0) is 32.5. The molecule has 1 amide bonds. The van der Waals surface area contributed by atoms with Crippen molar-refractivity contribution >= 4 is 39.1 Å². The molecule has 2 aliphatic rings. The van der Waals surface area contributed by atoms with Gasteiger partial charge in [-0.2, -0.15) is 15.2 Å². The molecule has 236 valence electrons. The summed E-state index contributed by atoms with van der Waals surface area (Å²) in [5.41, 5.74) is 2.67. The van der Waals surface area contributed by atoms with Crippen molar-refractivity contribution < 1.29 is 9.53 Å². The number of allylic oxidation sites excluding steroid dienone is 1. The van der Waals surface area contributed by atoms with Crippen molar-refractivity contribution in [2.75, 3.05) is 44.7 Å². The molecule has 11 heteroatoms. The molecule has 2 aromatic carbocycles. The molecular weight excluding hydrogens is 580 g/mol. The first-order chi connectivity index (χ1) is 22.2. The summed E-state index contributed by atoms with van der Waals surface area (Å²) in [6, 6.07) is 14.0. The third kappa shape index (κ3) is 5.61. The lowest BCUT2D eigenvalue weighted by Crippen LogP contribution is -2.55. The number of likely N-dealkylation sites (N-methyl/N-ethyl adjacent to an activating group) is 1. The van der Waals surface area contributed by atoms with Crippen LogP contribution in [0.2, 0.25) is 0 Å². The van der Waals surface area contributed by atoms with E-state index in [2.05, 4.69) is 36.2 Å². The molecule has 6 rings (SSSR count). The number of nitriles is 1. The molecular formula is C35H38N8O3. The van der Waals surface area contributed by atoms with Gasteiger partial charge in [-0.3, -0.25) is 14.2 Å². The Morgan fingerprint density at radius 3 is 2.59 bits per heavy atom. The van der Waals surface area contributed by atoms with Crippen LogP contribution in [-0.4, -0.2) is 87.1 Å². The zero-order valence-corrected chi connectivity index (χ0v) is 26.6. The standard InChI is InChI=1S/C35H38N8O3/c1-6-29(44)42-19-18-41(20-25(42)15-16-36)33-31-32(38-35(39-33)46-21-26-12-9-17-40(26)5)34(45)43(23(4)37-31)28-14-8-11-24-10-7-13-27(22(2)3)30(24)28/h6-8,10-11,13-14,25-26H,1-2,9,12,15,17-21H2,3-5H3/t25-,26-/m0/s1. The fourth-order valence-corrected chi connectivity index (χ4v) is 6.67. The number of hydrogen-bond donors (Lipinski definition) is 0. The molecule has 4 aromatic rings. The van der Waals surface area contributed by atoms with E-state index in [-0.39, 0.29) is 41.5 Å². The minimum atomic E-state index is -0.386. The summed E-state index contributed by atoms with van der Waals surface area (Å²) in [5, 5.41) is 11.4. The van der Waals surface area contributed by atoms with Crippen molar-refractivity contribution in [3.63, 3.8) is 0 Å².